The maximum absolute atomic E-state index is 11.5. The second kappa shape index (κ2) is 9.19. The maximum Gasteiger partial charge on any atom is 0.239 e. The minimum atomic E-state index is -0.492. The van der Waals surface area contributed by atoms with Gasteiger partial charge < -0.3 is 11.1 Å². The van der Waals surface area contributed by atoms with Crippen molar-refractivity contribution in [3.8, 4) is 0 Å². The van der Waals surface area contributed by atoms with Crippen molar-refractivity contribution >= 4 is 11.8 Å². The van der Waals surface area contributed by atoms with Crippen molar-refractivity contribution in [2.75, 3.05) is 0 Å². The maximum atomic E-state index is 11.5. The van der Waals surface area contributed by atoms with Gasteiger partial charge in [0.15, 0.2) is 0 Å². The van der Waals surface area contributed by atoms with Crippen LogP contribution in [0, 0.1) is 0 Å². The molecule has 0 rings (SSSR count). The molecular formula is C12H24N2O2. The Labute approximate surface area is 98.0 Å². The van der Waals surface area contributed by atoms with Crippen LogP contribution < -0.4 is 11.1 Å². The molecular weight excluding hydrogens is 204 g/mol. The average Bonchev–Trinajstić information content (AvgIpc) is 2.24. The van der Waals surface area contributed by atoms with Gasteiger partial charge in [0.05, 0.1) is 0 Å². The number of nitrogens with one attached hydrogen (secondary N) is 1. The number of primary amides is 1. The number of hydrogen-bond acceptors (Lipinski definition) is 2. The lowest BCUT2D eigenvalue weighted by Gasteiger charge is -2.14. The van der Waals surface area contributed by atoms with Gasteiger partial charge in [0.1, 0.15) is 6.04 Å². The van der Waals surface area contributed by atoms with Crippen LogP contribution >= 0.6 is 0 Å². The smallest absolute Gasteiger partial charge is 0.239 e. The monoisotopic (exact) mass is 228 g/mol. The van der Waals surface area contributed by atoms with Crippen LogP contribution in [0.4, 0.5) is 0 Å². The van der Waals surface area contributed by atoms with Gasteiger partial charge in [-0.25, -0.2) is 0 Å². The van der Waals surface area contributed by atoms with Crippen molar-refractivity contribution in [2.45, 2.75) is 64.8 Å². The Bertz CT molecular complexity index is 217. The van der Waals surface area contributed by atoms with Gasteiger partial charge in [-0.3, -0.25) is 9.59 Å². The Hall–Kier alpha value is -1.06. The van der Waals surface area contributed by atoms with Crippen molar-refractivity contribution in [3.05, 3.63) is 0 Å². The highest BCUT2D eigenvalue weighted by Crippen LogP contribution is 2.03. The molecule has 0 saturated carbocycles. The van der Waals surface area contributed by atoms with E-state index in [1.54, 1.807) is 0 Å². The number of hydrogen-bond donors (Lipinski definition) is 2. The first kappa shape index (κ1) is 14.9. The minimum absolute atomic E-state index is 0.0617. The number of carbonyl (C=O) groups excluding carboxylic acids is 2. The molecule has 2 amide bonds. The molecule has 0 aliphatic heterocycles. The van der Waals surface area contributed by atoms with Gasteiger partial charge >= 0.3 is 0 Å². The van der Waals surface area contributed by atoms with E-state index < -0.39 is 11.9 Å². The highest BCUT2D eigenvalue weighted by atomic mass is 16.2. The van der Waals surface area contributed by atoms with Gasteiger partial charge in [-0.05, 0) is 12.8 Å². The lowest BCUT2D eigenvalue weighted by Crippen LogP contribution is -2.44. The first-order chi connectivity index (χ1) is 7.61. The summed E-state index contributed by atoms with van der Waals surface area (Å²) in [6.45, 7) is 4.13. The van der Waals surface area contributed by atoms with E-state index in [9.17, 15) is 9.59 Å². The molecule has 0 spiro atoms. The van der Waals surface area contributed by atoms with Crippen molar-refractivity contribution in [1.82, 2.24) is 5.32 Å². The quantitative estimate of drug-likeness (QED) is 0.590. The lowest BCUT2D eigenvalue weighted by atomic mass is 10.1. The molecule has 0 radical (unpaired) electrons. The molecule has 4 nitrogen and oxygen atoms in total. The Morgan fingerprint density at radius 2 is 1.75 bits per heavy atom. The third-order valence-corrected chi connectivity index (χ3v) is 2.53. The third kappa shape index (κ3) is 7.26. The fourth-order valence-corrected chi connectivity index (χ4v) is 1.50. The molecule has 0 saturated heterocycles. The molecule has 1 atom stereocenters. The number of nitrogens with two attached hydrogens (primary N) is 1. The molecule has 1 unspecified atom stereocenters. The number of carbonyl (C=O) groups is 2. The molecule has 0 bridgehead atoms. The second-order valence-electron chi connectivity index (χ2n) is 4.12. The summed E-state index contributed by atoms with van der Waals surface area (Å²) in [6.07, 6.45) is 6.04. The summed E-state index contributed by atoms with van der Waals surface area (Å²) >= 11 is 0. The summed E-state index contributed by atoms with van der Waals surface area (Å²) < 4.78 is 0. The molecule has 0 heterocycles. The fourth-order valence-electron chi connectivity index (χ4n) is 1.50. The first-order valence-corrected chi connectivity index (χ1v) is 6.20. The summed E-state index contributed by atoms with van der Waals surface area (Å²) in [6, 6.07) is -0.492. The van der Waals surface area contributed by atoms with Gasteiger partial charge in [0.25, 0.3) is 0 Å². The minimum Gasteiger partial charge on any atom is -0.368 e. The molecule has 0 aromatic carbocycles. The standard InChI is InChI=1S/C12H24N2O2/c1-3-5-7-9-11(15)14-10(12(13)16)8-6-4-2/h10H,3-9H2,1-2H3,(H2,13,16)(H,14,15). The SMILES string of the molecule is CCCCCC(=O)NC(CCCC)C(N)=O. The Kier molecular flexibility index (Phi) is 8.58. The van der Waals surface area contributed by atoms with Crippen LogP contribution in [-0.4, -0.2) is 17.9 Å². The van der Waals surface area contributed by atoms with Gasteiger partial charge in [-0.2, -0.15) is 0 Å². The average molecular weight is 228 g/mol. The Morgan fingerprint density at radius 3 is 2.25 bits per heavy atom. The fraction of sp³-hybridized carbons (Fsp3) is 0.833. The highest BCUT2D eigenvalue weighted by Gasteiger charge is 2.16. The van der Waals surface area contributed by atoms with E-state index >= 15 is 0 Å². The van der Waals surface area contributed by atoms with Crippen LogP contribution in [0.25, 0.3) is 0 Å². The van der Waals surface area contributed by atoms with E-state index in [0.29, 0.717) is 12.8 Å². The van der Waals surface area contributed by atoms with Crippen LogP contribution in [0.1, 0.15) is 58.8 Å². The summed E-state index contributed by atoms with van der Waals surface area (Å²) in [5.41, 5.74) is 5.23. The largest absolute Gasteiger partial charge is 0.368 e. The zero-order chi connectivity index (χ0) is 12.4. The zero-order valence-corrected chi connectivity index (χ0v) is 10.4. The van der Waals surface area contributed by atoms with Crippen molar-refractivity contribution in [2.24, 2.45) is 5.73 Å². The number of rotatable bonds is 9. The van der Waals surface area contributed by atoms with Crippen LogP contribution in [0.5, 0.6) is 0 Å². The molecule has 94 valence electrons. The predicted octanol–water partition coefficient (Wildman–Crippen LogP) is 1.73. The molecule has 0 aromatic rings. The lowest BCUT2D eigenvalue weighted by molar-refractivity contribution is -0.127. The molecule has 4 heteroatoms. The first-order valence-electron chi connectivity index (χ1n) is 6.20. The predicted molar refractivity (Wildman–Crippen MR) is 64.8 cm³/mol. The van der Waals surface area contributed by atoms with E-state index in [0.717, 1.165) is 32.1 Å². The van der Waals surface area contributed by atoms with Crippen LogP contribution in [0.15, 0.2) is 0 Å². The van der Waals surface area contributed by atoms with E-state index in [1.807, 2.05) is 6.92 Å². The van der Waals surface area contributed by atoms with Crippen molar-refractivity contribution < 1.29 is 9.59 Å². The summed E-state index contributed by atoms with van der Waals surface area (Å²) in [5, 5.41) is 2.70. The molecule has 0 fully saturated rings. The normalized spacial score (nSPS) is 12.1. The summed E-state index contributed by atoms with van der Waals surface area (Å²) in [7, 11) is 0. The van der Waals surface area contributed by atoms with E-state index in [-0.39, 0.29) is 5.91 Å². The highest BCUT2D eigenvalue weighted by molar-refractivity contribution is 5.86. The van der Waals surface area contributed by atoms with Gasteiger partial charge in [0.2, 0.25) is 11.8 Å². The van der Waals surface area contributed by atoms with Crippen LogP contribution in [-0.2, 0) is 9.59 Å². The Balaban J connectivity index is 3.88. The van der Waals surface area contributed by atoms with Crippen molar-refractivity contribution in [3.63, 3.8) is 0 Å². The molecule has 16 heavy (non-hydrogen) atoms. The van der Waals surface area contributed by atoms with E-state index in [4.69, 9.17) is 5.73 Å². The molecule has 3 N–H and O–H groups in total. The zero-order valence-electron chi connectivity index (χ0n) is 10.4. The Morgan fingerprint density at radius 1 is 1.12 bits per heavy atom. The number of unbranched alkanes of at least 4 members (excludes halogenated alkanes) is 3. The van der Waals surface area contributed by atoms with E-state index in [2.05, 4.69) is 12.2 Å². The van der Waals surface area contributed by atoms with Crippen molar-refractivity contribution in [1.29, 1.82) is 0 Å². The molecule has 0 aliphatic carbocycles. The van der Waals surface area contributed by atoms with E-state index in [1.165, 1.54) is 0 Å². The van der Waals surface area contributed by atoms with Gasteiger partial charge in [-0.1, -0.05) is 39.5 Å². The second-order valence-corrected chi connectivity index (χ2v) is 4.12. The van der Waals surface area contributed by atoms with Gasteiger partial charge in [0, 0.05) is 6.42 Å². The third-order valence-electron chi connectivity index (χ3n) is 2.53. The van der Waals surface area contributed by atoms with Crippen LogP contribution in [0.2, 0.25) is 0 Å². The van der Waals surface area contributed by atoms with Gasteiger partial charge in [-0.15, -0.1) is 0 Å². The topological polar surface area (TPSA) is 72.2 Å². The summed E-state index contributed by atoms with van der Waals surface area (Å²) in [4.78, 5) is 22.6. The summed E-state index contributed by atoms with van der Waals surface area (Å²) in [5.74, 6) is -0.495. The molecule has 0 aromatic heterocycles. The van der Waals surface area contributed by atoms with Crippen LogP contribution in [0.3, 0.4) is 0 Å². The number of amides is 2. The molecule has 0 aliphatic rings.